The second-order valence-corrected chi connectivity index (χ2v) is 54.9. The molecule has 0 bridgehead atoms. The molecule has 6 heterocycles. The Morgan fingerprint density at radius 1 is 0.228 bits per heavy atom. The Hall–Kier alpha value is -5.33. The predicted octanol–water partition coefficient (Wildman–Crippen LogP) is 21.7. The molecule has 804 valence electrons. The van der Waals surface area contributed by atoms with Gasteiger partial charge in [0.05, 0.1) is 145 Å². The molecule has 0 aromatic carbocycles. The van der Waals surface area contributed by atoms with Gasteiger partial charge in [-0.25, -0.2) is 0 Å². The summed E-state index contributed by atoms with van der Waals surface area (Å²) in [7, 11) is 0. The van der Waals surface area contributed by atoms with Crippen LogP contribution in [0.1, 0.15) is 428 Å². The summed E-state index contributed by atoms with van der Waals surface area (Å²) in [5, 5.41) is 0. The Balaban J connectivity index is 0.340. The minimum Gasteiger partial charge on any atom is -0.375 e. The van der Waals surface area contributed by atoms with Crippen molar-refractivity contribution in [2.75, 3.05) is 6.54 Å². The van der Waals surface area contributed by atoms with E-state index in [1.165, 1.54) is 12.8 Å². The lowest BCUT2D eigenvalue weighted by Crippen LogP contribution is -2.57. The number of allylic oxidation sites excluding steroid dienone is 1. The number of likely N-dealkylation sites (tertiary alicyclic amines) is 6. The third-order valence-electron chi connectivity index (χ3n) is 46.6. The van der Waals surface area contributed by atoms with Gasteiger partial charge in [0.1, 0.15) is 0 Å². The van der Waals surface area contributed by atoms with Crippen molar-refractivity contribution in [3.63, 3.8) is 0 Å². The smallest absolute Gasteiger partial charge is 0.233 e. The van der Waals surface area contributed by atoms with Crippen LogP contribution in [0.2, 0.25) is 0 Å². The van der Waals surface area contributed by atoms with Crippen LogP contribution in [0, 0.1) is 146 Å². The molecule has 0 aromatic rings. The molecule has 16 aliphatic carbocycles. The van der Waals surface area contributed by atoms with Crippen LogP contribution in [0.5, 0.6) is 0 Å². The molecule has 25 unspecified atom stereocenters. The first-order valence-electron chi connectivity index (χ1n) is 61.1. The van der Waals surface area contributed by atoms with Crippen LogP contribution in [0.25, 0.3) is 0 Å². The van der Waals surface area contributed by atoms with Crippen LogP contribution >= 0.6 is 0 Å². The van der Waals surface area contributed by atoms with E-state index in [0.717, 1.165) is 295 Å². The number of hydrogen-bond donors (Lipinski definition) is 0. The van der Waals surface area contributed by atoms with Crippen LogP contribution in [0.4, 0.5) is 0 Å². The number of hydrogen-bond acceptors (Lipinski definition) is 17. The lowest BCUT2D eigenvalue weighted by atomic mass is 9.60. The molecule has 11 amide bonds. The highest BCUT2D eigenvalue weighted by Crippen LogP contribution is 2.59. The van der Waals surface area contributed by atoms with E-state index in [0.29, 0.717) is 106 Å². The third-order valence-corrected chi connectivity index (χ3v) is 46.6. The second-order valence-electron chi connectivity index (χ2n) is 54.9. The molecule has 0 radical (unpaired) electrons. The quantitative estimate of drug-likeness (QED) is 0.0769. The molecule has 22 fully saturated rings. The first-order valence-corrected chi connectivity index (χ1v) is 61.1. The molecule has 0 N–H and O–H groups in total. The van der Waals surface area contributed by atoms with Crippen LogP contribution in [-0.2, 0) is 81.2 Å². The highest BCUT2D eigenvalue weighted by molar-refractivity contribution is 6.09. The van der Waals surface area contributed by atoms with Crippen molar-refractivity contribution in [1.82, 2.24) is 29.4 Å². The van der Waals surface area contributed by atoms with Crippen LogP contribution in [-0.4, -0.2) is 204 Å². The monoisotopic (exact) mass is 2010 g/mol. The van der Waals surface area contributed by atoms with Gasteiger partial charge in [0, 0.05) is 42.2 Å². The molecule has 22 aliphatic rings. The fourth-order valence-corrected chi connectivity index (χ4v) is 37.7. The normalized spacial score (nSPS) is 44.1. The van der Waals surface area contributed by atoms with Gasteiger partial charge in [-0.2, -0.15) is 0 Å². The van der Waals surface area contributed by atoms with Gasteiger partial charge in [0.15, 0.2) is 0 Å². The molecular weight excluding hydrogens is 1820 g/mol. The Labute approximate surface area is 867 Å². The molecule has 0 aromatic heterocycles. The molecular formula is C122H184N6O17. The maximum absolute atomic E-state index is 15.2. The minimum absolute atomic E-state index is 0.00147. The highest BCUT2D eigenvalue weighted by atomic mass is 16.5. The molecule has 6 saturated heterocycles. The molecule has 0 spiro atoms. The first-order chi connectivity index (χ1) is 69.8. The number of carbonyl (C=O) groups excluding carboxylic acids is 11. The summed E-state index contributed by atoms with van der Waals surface area (Å²) in [5.41, 5.74) is 1.50. The zero-order valence-electron chi connectivity index (χ0n) is 90.4. The molecule has 6 aliphatic heterocycles. The Morgan fingerprint density at radius 2 is 0.448 bits per heavy atom. The van der Waals surface area contributed by atoms with Crippen LogP contribution in [0.15, 0.2) is 12.3 Å². The van der Waals surface area contributed by atoms with Gasteiger partial charge in [0.2, 0.25) is 65.0 Å². The van der Waals surface area contributed by atoms with Crippen molar-refractivity contribution in [2.45, 2.75) is 532 Å². The number of rotatable bonds is 25. The Morgan fingerprint density at radius 3 is 0.745 bits per heavy atom. The first kappa shape index (κ1) is 104. The minimum atomic E-state index is -0.505. The summed E-state index contributed by atoms with van der Waals surface area (Å²) in [4.78, 5) is 169. The van der Waals surface area contributed by atoms with E-state index < -0.39 is 29.8 Å². The van der Waals surface area contributed by atoms with E-state index in [9.17, 15) is 47.9 Å². The fourth-order valence-electron chi connectivity index (χ4n) is 37.7. The average Bonchev–Trinajstić information content (AvgIpc) is 1.59. The summed E-state index contributed by atoms with van der Waals surface area (Å²) in [6.45, 7) is 27.1. The lowest BCUT2D eigenvalue weighted by Gasteiger charge is -2.49. The molecule has 23 heteroatoms. The van der Waals surface area contributed by atoms with Crippen molar-refractivity contribution in [1.29, 1.82) is 0 Å². The van der Waals surface area contributed by atoms with E-state index >= 15 is 4.79 Å². The molecule has 25 atom stereocenters. The largest absolute Gasteiger partial charge is 0.375 e. The van der Waals surface area contributed by atoms with Gasteiger partial charge >= 0.3 is 0 Å². The summed E-state index contributed by atoms with van der Waals surface area (Å²) >= 11 is 0. The number of carbonyl (C=O) groups is 11. The number of imide groups is 5. The number of nitrogens with zero attached hydrogens (tertiary/aromatic N) is 6. The van der Waals surface area contributed by atoms with E-state index in [2.05, 4.69) is 67.2 Å². The van der Waals surface area contributed by atoms with Crippen molar-refractivity contribution in [3.05, 3.63) is 12.3 Å². The summed E-state index contributed by atoms with van der Waals surface area (Å²) in [6, 6.07) is -0.866. The van der Waals surface area contributed by atoms with Gasteiger partial charge in [0.25, 0.3) is 0 Å². The fraction of sp³-hybridized carbons (Fsp3) is 0.893. The average molecular weight is 2010 g/mol. The molecule has 16 saturated carbocycles. The zero-order chi connectivity index (χ0) is 101. The number of amides is 11. The van der Waals surface area contributed by atoms with Gasteiger partial charge in [-0.1, -0.05) is 120 Å². The number of fused-ring (bicyclic) bond motifs is 6. The third kappa shape index (κ3) is 20.0. The predicted molar refractivity (Wildman–Crippen MR) is 549 cm³/mol. The summed E-state index contributed by atoms with van der Waals surface area (Å²) < 4.78 is 41.8. The SMILES string of the molecule is C=C1C2CCC(OC3CCC(C(C)(C)C4CCC(OC5CCC6C(=O)N(C7CCCCC7N7C(=O)C8CCC(OC9CCC(C(C)(C)C%10CCC(OC%11CCC%12C(=O)N(C%13CCCCC%13)C(=O)C%12C%11)CC%10)CC9)CC8C7=O)C(=O)C6C5)CC4)CC3)CC2C(=O)N1C1C(C)CC(C)C(CN2C(=O)C3CCC(OC4CCC(C(C)(C)C5CCC(OC6CCC7C(=O)N(C8CCCCC8)C(=O)C7C6)CC5)CC4)CC3C2=O)C1C. The Bertz CT molecular complexity index is 4720. The maximum atomic E-state index is 15.2. The van der Waals surface area contributed by atoms with Crippen LogP contribution in [0.3, 0.4) is 0 Å². The standard InChI is InChI=1S/C122H184N6O17/c1-69-61-70(2)108(71(3)105(69)68-123-109(129)94-56-50-88(63-100(94)110(123)130)141-82-39-27-74(28-40-82)121(7,8)75-29-41-83(42-30-75)142-89-51-57-95-101(64-89)116(136)125(111(95)131)79-19-13-11-14-20-79)124-72(4)93-55-49-87(62-99(93)115(124)135)140-81-37-25-73(26-38-81)120(5,6)77-33-45-85(46-34-77)144-91-53-59-97-103(66-91)118(138)127(113(97)133)106-23-17-18-24-107(106)128-114(134)98-60-54-92(67-104(98)119(128)139)145-86-47-35-78(36-48-86)122(9,10)76-31-43-84(44-32-76)143-90-52-58-96-102(65-90)117(137)126(112(96)132)80-21-15-12-16-22-80/h69-71,73-108H,4,11-68H2,1-3,5-10H3. The zero-order valence-corrected chi connectivity index (χ0v) is 90.4. The topological polar surface area (TPSA) is 263 Å². The van der Waals surface area contributed by atoms with Gasteiger partial charge in [-0.15, -0.1) is 0 Å². The Kier molecular flexibility index (Phi) is 30.7. The van der Waals surface area contributed by atoms with E-state index in [-0.39, 0.29) is 250 Å². The van der Waals surface area contributed by atoms with Crippen molar-refractivity contribution in [3.8, 4) is 0 Å². The highest BCUT2D eigenvalue weighted by Gasteiger charge is 2.64. The number of ether oxygens (including phenoxy) is 6. The van der Waals surface area contributed by atoms with Gasteiger partial charge in [-0.05, 0) is 390 Å². The van der Waals surface area contributed by atoms with Crippen molar-refractivity contribution < 1.29 is 81.2 Å². The van der Waals surface area contributed by atoms with Crippen LogP contribution < -0.4 is 0 Å². The second kappa shape index (κ2) is 42.8. The van der Waals surface area contributed by atoms with E-state index in [1.54, 1.807) is 24.5 Å². The molecule has 23 nitrogen and oxygen atoms in total. The van der Waals surface area contributed by atoms with E-state index in [1.807, 2.05) is 0 Å². The summed E-state index contributed by atoms with van der Waals surface area (Å²) in [5.74, 6) is 1.25. The summed E-state index contributed by atoms with van der Waals surface area (Å²) in [6.07, 6.45) is 54.4. The molecule has 145 heavy (non-hydrogen) atoms. The van der Waals surface area contributed by atoms with Gasteiger partial charge in [-0.3, -0.25) is 77.2 Å². The lowest BCUT2D eigenvalue weighted by molar-refractivity contribution is -0.153. The van der Waals surface area contributed by atoms with Gasteiger partial charge < -0.3 is 33.3 Å². The molecule has 22 rings (SSSR count). The maximum Gasteiger partial charge on any atom is 0.233 e. The van der Waals surface area contributed by atoms with E-state index in [4.69, 9.17) is 35.0 Å². The van der Waals surface area contributed by atoms with Crippen molar-refractivity contribution >= 4 is 65.0 Å². The van der Waals surface area contributed by atoms with Crippen molar-refractivity contribution in [2.24, 2.45) is 146 Å².